The molecule has 202 valence electrons. The molecule has 0 saturated carbocycles. The van der Waals surface area contributed by atoms with Gasteiger partial charge in [0.05, 0.1) is 0 Å². The van der Waals surface area contributed by atoms with Gasteiger partial charge in [-0.3, -0.25) is 9.59 Å². The molecule has 0 radical (unpaired) electrons. The maximum Gasteiger partial charge on any atom is 0.410 e. The Morgan fingerprint density at radius 2 is 1.72 bits per heavy atom. The summed E-state index contributed by atoms with van der Waals surface area (Å²) < 4.78 is 10.8. The number of ether oxygens (including phenoxy) is 2. The van der Waals surface area contributed by atoms with Crippen molar-refractivity contribution in [3.8, 4) is 5.75 Å². The zero-order valence-electron chi connectivity index (χ0n) is 20.8. The second-order valence-electron chi connectivity index (χ2n) is 8.29. The quantitative estimate of drug-likeness (QED) is 0.129. The standard InChI is InChI=1S/C24H35Cl2N3O6S/c1-17(2)14-21(28-22(31)20(27-16-30)8-13-36-3)23(32)35-19-6-4-18(5-7-19)15-34-24(33)29(11-9-25)12-10-26/h4-7,16-17,20-21H,8-15H2,1-3H3,(H,27,30)(H,28,31)/t20-,21-/m0/s1. The van der Waals surface area contributed by atoms with Crippen molar-refractivity contribution in [2.45, 2.75) is 45.4 Å². The van der Waals surface area contributed by atoms with Crippen molar-refractivity contribution in [2.75, 3.05) is 36.9 Å². The first-order chi connectivity index (χ1) is 17.2. The SMILES string of the molecule is CSCC[C@H](NC=O)C(=O)N[C@@H](CC(C)C)C(=O)Oc1ccc(COC(=O)N(CCCl)CCCl)cc1. The predicted octanol–water partition coefficient (Wildman–Crippen LogP) is 3.41. The van der Waals surface area contributed by atoms with Gasteiger partial charge in [0.2, 0.25) is 12.3 Å². The molecule has 0 aliphatic rings. The highest BCUT2D eigenvalue weighted by Crippen LogP contribution is 2.16. The highest BCUT2D eigenvalue weighted by Gasteiger charge is 2.27. The summed E-state index contributed by atoms with van der Waals surface area (Å²) in [5, 5.41) is 5.21. The van der Waals surface area contributed by atoms with Crippen LogP contribution in [0.5, 0.6) is 5.75 Å². The van der Waals surface area contributed by atoms with Gasteiger partial charge in [0.25, 0.3) is 0 Å². The number of carbonyl (C=O) groups excluding carboxylic acids is 4. The van der Waals surface area contributed by atoms with Gasteiger partial charge in [0.15, 0.2) is 0 Å². The summed E-state index contributed by atoms with van der Waals surface area (Å²) in [5.41, 5.74) is 0.698. The van der Waals surface area contributed by atoms with Gasteiger partial charge < -0.3 is 25.0 Å². The highest BCUT2D eigenvalue weighted by molar-refractivity contribution is 7.98. The number of alkyl halides is 2. The lowest BCUT2D eigenvalue weighted by atomic mass is 10.0. The van der Waals surface area contributed by atoms with Gasteiger partial charge in [0, 0.05) is 24.8 Å². The fourth-order valence-electron chi connectivity index (χ4n) is 3.14. The number of nitrogens with zero attached hydrogens (tertiary/aromatic N) is 1. The van der Waals surface area contributed by atoms with Crippen LogP contribution in [0.1, 0.15) is 32.3 Å². The molecule has 12 heteroatoms. The maximum absolute atomic E-state index is 12.8. The van der Waals surface area contributed by atoms with Gasteiger partial charge in [0.1, 0.15) is 24.4 Å². The van der Waals surface area contributed by atoms with E-state index in [0.29, 0.717) is 43.7 Å². The third-order valence-corrected chi connectivity index (χ3v) is 5.96. The first kappa shape index (κ1) is 31.9. The molecule has 0 fully saturated rings. The molecule has 0 bridgehead atoms. The molecule has 0 aliphatic heterocycles. The number of benzene rings is 1. The van der Waals surface area contributed by atoms with Crippen molar-refractivity contribution in [3.05, 3.63) is 29.8 Å². The minimum Gasteiger partial charge on any atom is -0.445 e. The van der Waals surface area contributed by atoms with Gasteiger partial charge in [-0.05, 0) is 48.5 Å². The fourth-order valence-corrected chi connectivity index (χ4v) is 4.02. The Morgan fingerprint density at radius 1 is 1.08 bits per heavy atom. The number of esters is 1. The molecule has 9 nitrogen and oxygen atoms in total. The Bertz CT molecular complexity index is 823. The number of thioether (sulfide) groups is 1. The second-order valence-corrected chi connectivity index (χ2v) is 10.0. The van der Waals surface area contributed by atoms with E-state index in [4.69, 9.17) is 32.7 Å². The smallest absolute Gasteiger partial charge is 0.410 e. The van der Waals surface area contributed by atoms with Crippen LogP contribution >= 0.6 is 35.0 Å². The van der Waals surface area contributed by atoms with Gasteiger partial charge >= 0.3 is 12.1 Å². The number of amides is 3. The summed E-state index contributed by atoms with van der Waals surface area (Å²) in [7, 11) is 0. The van der Waals surface area contributed by atoms with Crippen molar-refractivity contribution in [1.29, 1.82) is 0 Å². The van der Waals surface area contributed by atoms with E-state index >= 15 is 0 Å². The second kappa shape index (κ2) is 18.1. The van der Waals surface area contributed by atoms with Crippen LogP contribution < -0.4 is 15.4 Å². The Balaban J connectivity index is 2.76. The van der Waals surface area contributed by atoms with E-state index in [1.54, 1.807) is 36.0 Å². The van der Waals surface area contributed by atoms with Crippen molar-refractivity contribution in [1.82, 2.24) is 15.5 Å². The number of rotatable bonds is 17. The Labute approximate surface area is 226 Å². The number of carbonyl (C=O) groups is 4. The van der Waals surface area contributed by atoms with Crippen LogP contribution in [0.25, 0.3) is 0 Å². The first-order valence-electron chi connectivity index (χ1n) is 11.6. The van der Waals surface area contributed by atoms with Crippen molar-refractivity contribution >= 4 is 59.3 Å². The predicted molar refractivity (Wildman–Crippen MR) is 143 cm³/mol. The zero-order valence-corrected chi connectivity index (χ0v) is 23.2. The van der Waals surface area contributed by atoms with Gasteiger partial charge in [-0.15, -0.1) is 23.2 Å². The molecule has 2 atom stereocenters. The Kier molecular flexibility index (Phi) is 16.0. The van der Waals surface area contributed by atoms with Crippen molar-refractivity contribution in [3.63, 3.8) is 0 Å². The molecular formula is C24H35Cl2N3O6S. The molecule has 1 rings (SSSR count). The van der Waals surface area contributed by atoms with Crippen LogP contribution in [-0.2, 0) is 25.7 Å². The van der Waals surface area contributed by atoms with Crippen LogP contribution in [0.4, 0.5) is 4.79 Å². The van der Waals surface area contributed by atoms with Crippen LogP contribution in [0, 0.1) is 5.92 Å². The van der Waals surface area contributed by atoms with Crippen LogP contribution in [0.15, 0.2) is 24.3 Å². The van der Waals surface area contributed by atoms with Crippen LogP contribution in [0.2, 0.25) is 0 Å². The third kappa shape index (κ3) is 12.2. The van der Waals surface area contributed by atoms with Gasteiger partial charge in [-0.25, -0.2) is 9.59 Å². The molecule has 0 unspecified atom stereocenters. The maximum atomic E-state index is 12.8. The molecule has 1 aromatic rings. The average molecular weight is 565 g/mol. The molecule has 0 aliphatic carbocycles. The largest absolute Gasteiger partial charge is 0.445 e. The lowest BCUT2D eigenvalue weighted by molar-refractivity contribution is -0.140. The summed E-state index contributed by atoms with van der Waals surface area (Å²) in [5.74, 6) is 0.580. The Hall–Kier alpha value is -2.17. The number of halogens is 2. The van der Waals surface area contributed by atoms with Crippen molar-refractivity contribution < 1.29 is 28.7 Å². The fraction of sp³-hybridized carbons (Fsp3) is 0.583. The van der Waals surface area contributed by atoms with E-state index in [9.17, 15) is 19.2 Å². The number of hydrogen-bond acceptors (Lipinski definition) is 7. The molecule has 0 heterocycles. The minimum atomic E-state index is -0.877. The lowest BCUT2D eigenvalue weighted by Crippen LogP contribution is -2.51. The first-order valence-corrected chi connectivity index (χ1v) is 14.0. The summed E-state index contributed by atoms with van der Waals surface area (Å²) in [4.78, 5) is 50.0. The molecule has 0 aromatic heterocycles. The van der Waals surface area contributed by atoms with E-state index in [0.717, 1.165) is 0 Å². The molecule has 3 amide bonds. The minimum absolute atomic E-state index is 0.0291. The van der Waals surface area contributed by atoms with Crippen LogP contribution in [-0.4, -0.2) is 78.2 Å². The summed E-state index contributed by atoms with van der Waals surface area (Å²) in [6.45, 7) is 4.55. The molecule has 1 aromatic carbocycles. The van der Waals surface area contributed by atoms with E-state index in [2.05, 4.69) is 10.6 Å². The molecule has 0 spiro atoms. The van der Waals surface area contributed by atoms with E-state index in [1.165, 1.54) is 4.90 Å². The summed E-state index contributed by atoms with van der Waals surface area (Å²) in [6, 6.07) is 4.90. The van der Waals surface area contributed by atoms with E-state index in [1.807, 2.05) is 20.1 Å². The highest BCUT2D eigenvalue weighted by atomic mass is 35.5. The monoisotopic (exact) mass is 563 g/mol. The van der Waals surface area contributed by atoms with E-state index in [-0.39, 0.29) is 30.0 Å². The number of nitrogens with one attached hydrogen (secondary N) is 2. The average Bonchev–Trinajstić information content (AvgIpc) is 2.85. The molecule has 36 heavy (non-hydrogen) atoms. The molecular weight excluding hydrogens is 529 g/mol. The van der Waals surface area contributed by atoms with Crippen LogP contribution in [0.3, 0.4) is 0 Å². The van der Waals surface area contributed by atoms with Gasteiger partial charge in [-0.1, -0.05) is 26.0 Å². The van der Waals surface area contributed by atoms with E-state index < -0.39 is 30.1 Å². The topological polar surface area (TPSA) is 114 Å². The third-order valence-electron chi connectivity index (χ3n) is 4.98. The number of hydrogen-bond donors (Lipinski definition) is 2. The summed E-state index contributed by atoms with van der Waals surface area (Å²) in [6.07, 6.45) is 2.68. The Morgan fingerprint density at radius 3 is 2.25 bits per heavy atom. The normalized spacial score (nSPS) is 12.4. The van der Waals surface area contributed by atoms with Gasteiger partial charge in [-0.2, -0.15) is 11.8 Å². The molecule has 2 N–H and O–H groups in total. The van der Waals surface area contributed by atoms with Crippen molar-refractivity contribution in [2.24, 2.45) is 5.92 Å². The summed E-state index contributed by atoms with van der Waals surface area (Å²) >= 11 is 13.0. The molecule has 0 saturated heterocycles. The zero-order chi connectivity index (χ0) is 26.9. The lowest BCUT2D eigenvalue weighted by Gasteiger charge is -2.22.